The summed E-state index contributed by atoms with van der Waals surface area (Å²) in [6.07, 6.45) is -23.0. The Hall–Kier alpha value is -1.97. The Morgan fingerprint density at radius 2 is 1.25 bits per heavy atom. The van der Waals surface area contributed by atoms with Crippen molar-refractivity contribution < 1.29 is 124 Å². The zero-order chi connectivity index (χ0) is 58.3. The molecule has 3 saturated carbocycles. The summed E-state index contributed by atoms with van der Waals surface area (Å²) in [5, 5.41) is 173. The number of allylic oxidation sites excluding steroid dienone is 4. The first-order valence-electron chi connectivity index (χ1n) is 27.8. The molecule has 4 aliphatic heterocycles. The Morgan fingerprint density at radius 1 is 0.658 bits per heavy atom. The molecular weight excluding hydrogens is 1050 g/mol. The molecule has 10 unspecified atom stereocenters. The first-order chi connectivity index (χ1) is 36.6. The van der Waals surface area contributed by atoms with Crippen molar-refractivity contribution in [3.8, 4) is 0 Å². The van der Waals surface area contributed by atoms with Crippen LogP contribution in [-0.4, -0.2) is 235 Å². The van der Waals surface area contributed by atoms with E-state index in [0.717, 1.165) is 24.0 Å². The summed E-state index contributed by atoms with van der Waals surface area (Å²) in [4.78, 5) is 14.7. The van der Waals surface area contributed by atoms with Gasteiger partial charge in [0.15, 0.2) is 24.6 Å². The summed E-state index contributed by atoms with van der Waals surface area (Å²) >= 11 is 0. The highest BCUT2D eigenvalue weighted by atomic mass is 16.9. The van der Waals surface area contributed by atoms with Crippen LogP contribution >= 0.6 is 0 Å². The minimum absolute atomic E-state index is 0.0413. The predicted molar refractivity (Wildman–Crippen MR) is 265 cm³/mol. The molecule has 25 nitrogen and oxygen atoms in total. The molecular formula is C54H86O25. The van der Waals surface area contributed by atoms with Crippen molar-refractivity contribution in [2.75, 3.05) is 19.8 Å². The number of carbonyl (C=O) groups is 1. The molecule has 79 heavy (non-hydrogen) atoms. The van der Waals surface area contributed by atoms with Crippen LogP contribution < -0.4 is 0 Å². The monoisotopic (exact) mass is 1130 g/mol. The van der Waals surface area contributed by atoms with Crippen LogP contribution in [0.1, 0.15) is 107 Å². The largest absolute Gasteiger partial charge is 0.405 e. The Kier molecular flexibility index (Phi) is 16.5. The third kappa shape index (κ3) is 9.91. The van der Waals surface area contributed by atoms with Crippen molar-refractivity contribution in [2.45, 2.75) is 235 Å². The van der Waals surface area contributed by atoms with E-state index in [1.165, 1.54) is 6.92 Å². The maximum atomic E-state index is 14.7. The Morgan fingerprint density at radius 3 is 1.90 bits per heavy atom. The summed E-state index contributed by atoms with van der Waals surface area (Å²) in [5.74, 6) is -11.4. The fraction of sp³-hybridized carbons (Fsp3) is 0.907. The molecule has 0 amide bonds. The first-order valence-corrected chi connectivity index (χ1v) is 27.8. The highest BCUT2D eigenvalue weighted by molar-refractivity contribution is 5.74. The maximum absolute atomic E-state index is 14.7. The van der Waals surface area contributed by atoms with Gasteiger partial charge < -0.3 is 120 Å². The molecule has 16 N–H and O–H groups in total. The van der Waals surface area contributed by atoms with Crippen molar-refractivity contribution in [1.82, 2.24) is 0 Å². The highest BCUT2D eigenvalue weighted by Crippen LogP contribution is 2.74. The lowest BCUT2D eigenvalue weighted by Crippen LogP contribution is -2.70. The van der Waals surface area contributed by atoms with Crippen LogP contribution in [0, 0.1) is 50.7 Å². The molecule has 7 fully saturated rings. The van der Waals surface area contributed by atoms with Gasteiger partial charge in [-0.1, -0.05) is 66.2 Å². The van der Waals surface area contributed by atoms with Crippen LogP contribution in [0.2, 0.25) is 0 Å². The van der Waals surface area contributed by atoms with Gasteiger partial charge in [-0.05, 0) is 109 Å². The van der Waals surface area contributed by atoms with E-state index in [2.05, 4.69) is 46.8 Å². The average molecular weight is 1140 g/mol. The Labute approximate surface area is 457 Å². The molecule has 0 aromatic carbocycles. The number of aliphatic hydroxyl groups excluding tert-OH is 13. The third-order valence-corrected chi connectivity index (χ3v) is 20.8. The van der Waals surface area contributed by atoms with Crippen LogP contribution in [0.4, 0.5) is 0 Å². The van der Waals surface area contributed by atoms with Gasteiger partial charge in [0.2, 0.25) is 0 Å². The highest BCUT2D eigenvalue weighted by Gasteiger charge is 2.69. The summed E-state index contributed by atoms with van der Waals surface area (Å²) in [7, 11) is 0. The number of carbonyl (C=O) groups excluding carboxylic acids is 1. The molecule has 9 aliphatic rings. The molecule has 0 aromatic rings. The van der Waals surface area contributed by atoms with E-state index in [4.69, 9.17) is 37.9 Å². The molecule has 9 rings (SSSR count). The molecule has 0 bridgehead atoms. The number of ether oxygens (including phenoxy) is 8. The normalized spacial score (nSPS) is 54.2. The van der Waals surface area contributed by atoms with E-state index in [1.54, 1.807) is 0 Å². The van der Waals surface area contributed by atoms with Gasteiger partial charge in [-0.3, -0.25) is 4.79 Å². The smallest absolute Gasteiger partial charge is 0.357 e. The van der Waals surface area contributed by atoms with E-state index < -0.39 is 171 Å². The van der Waals surface area contributed by atoms with Crippen molar-refractivity contribution in [2.24, 2.45) is 50.7 Å². The molecule has 4 saturated heterocycles. The predicted octanol–water partition coefficient (Wildman–Crippen LogP) is -3.27. The summed E-state index contributed by atoms with van der Waals surface area (Å²) < 4.78 is 44.9. The second kappa shape index (κ2) is 21.2. The minimum Gasteiger partial charge on any atom is -0.405 e. The maximum Gasteiger partial charge on any atom is 0.357 e. The van der Waals surface area contributed by atoms with Gasteiger partial charge in [0.25, 0.3) is 0 Å². The van der Waals surface area contributed by atoms with Crippen molar-refractivity contribution in [1.29, 1.82) is 0 Å². The van der Waals surface area contributed by atoms with Gasteiger partial charge in [-0.2, -0.15) is 0 Å². The fourth-order valence-electron chi connectivity index (χ4n) is 16.1. The lowest BCUT2D eigenvalue weighted by atomic mass is 9.36. The van der Waals surface area contributed by atoms with Gasteiger partial charge >= 0.3 is 23.9 Å². The van der Waals surface area contributed by atoms with Crippen molar-refractivity contribution in [3.05, 3.63) is 23.3 Å². The van der Waals surface area contributed by atoms with Gasteiger partial charge in [0.1, 0.15) is 73.2 Å². The third-order valence-electron chi connectivity index (χ3n) is 20.8. The van der Waals surface area contributed by atoms with E-state index in [0.29, 0.717) is 38.5 Å². The number of fused-ring (bicyclic) bond motifs is 6. The molecule has 28 atom stereocenters. The first kappa shape index (κ1) is 61.6. The van der Waals surface area contributed by atoms with E-state index in [1.807, 2.05) is 13.8 Å². The average Bonchev–Trinajstić information content (AvgIpc) is 3.56. The fourth-order valence-corrected chi connectivity index (χ4v) is 16.1. The van der Waals surface area contributed by atoms with Crippen molar-refractivity contribution >= 4 is 5.97 Å². The number of hydrogen-bond acceptors (Lipinski definition) is 25. The van der Waals surface area contributed by atoms with Gasteiger partial charge in [0.05, 0.1) is 37.9 Å². The molecule has 0 aromatic heterocycles. The van der Waals surface area contributed by atoms with E-state index in [9.17, 15) is 86.5 Å². The van der Waals surface area contributed by atoms with Crippen molar-refractivity contribution in [3.63, 3.8) is 0 Å². The molecule has 25 heteroatoms. The zero-order valence-electron chi connectivity index (χ0n) is 46.0. The standard InChI is InChI=1S/C54H86O25/c1-22-33(57)36(60)39(63)46(73-22)74-41-28(20-56)76-52(69,44(67)40(41)64)72-21-29-35(59)38(62)43(66)54(71,77-29)79-45(68)25-18-47(2,3)17-24-23(25)11-15-50(7)26(24)9-10-31-49(6)14-13-32(48(4,5)30(49)12-16-51(31,50)8)78-53(70)42(65)37(61)34(58)27(19-55)75-53/h9-10,22-23,25,27-44,46,55-67,69-71H,11-21H2,1-8H3/t22-,23?,25-,27?,28?,29?,30?,31?,32+,33-,34-,35-,36+,37?,38?,39+,40?,41-,42+,43+,44+,46?,49+,50-,51-,52+,53-,54-/m1/s1. The molecule has 5 aliphatic carbocycles. The molecule has 452 valence electrons. The SMILES string of the molecule is C[C@H]1OC(O[C@@H]2C(CO)O[C@@](O)(OCC3O[C@@](O)(OC(=O)[C@@H]4CC(C)(C)CC5=C6C=CC7[C@@]8(C)CC[C@H](O[C@]9(O)OC(CO)[C@@H](O)C(O)[C@@H]9O)C(C)(C)C8CC[C@@]7(C)[C@]6(C)CCC54)[C@@H](O)C(O)[C@@H]3O)[C@@H](O)C2O)[C@@H](O)[C@@H](O)[C@@H]1O. The topological polar surface area (TPSA) is 415 Å². The summed E-state index contributed by atoms with van der Waals surface area (Å²) in [6.45, 7) is 13.6. The minimum atomic E-state index is -3.32. The second-order valence-corrected chi connectivity index (χ2v) is 26.4. The van der Waals surface area contributed by atoms with Gasteiger partial charge in [-0.25, -0.2) is 0 Å². The number of aliphatic hydroxyl groups is 16. The molecule has 4 heterocycles. The summed E-state index contributed by atoms with van der Waals surface area (Å²) in [6, 6.07) is 0. The lowest BCUT2D eigenvalue weighted by molar-refractivity contribution is -0.473. The number of esters is 1. The van der Waals surface area contributed by atoms with Gasteiger partial charge in [0, 0.05) is 0 Å². The van der Waals surface area contributed by atoms with Crippen LogP contribution in [-0.2, 0) is 42.7 Å². The van der Waals surface area contributed by atoms with Crippen LogP contribution in [0.3, 0.4) is 0 Å². The lowest BCUT2D eigenvalue weighted by Gasteiger charge is -2.69. The number of rotatable bonds is 11. The molecule has 0 spiro atoms. The van der Waals surface area contributed by atoms with Crippen LogP contribution in [0.15, 0.2) is 23.3 Å². The second-order valence-electron chi connectivity index (χ2n) is 26.4. The Balaban J connectivity index is 0.906. The quantitative estimate of drug-likeness (QED) is 0.0548. The molecule has 0 radical (unpaired) electrons. The summed E-state index contributed by atoms with van der Waals surface area (Å²) in [5.41, 5.74) is 0.116. The van der Waals surface area contributed by atoms with Crippen LogP contribution in [0.5, 0.6) is 0 Å². The number of hydrogen-bond donors (Lipinski definition) is 16. The Bertz CT molecular complexity index is 2300. The zero-order valence-corrected chi connectivity index (χ0v) is 46.0. The van der Waals surface area contributed by atoms with E-state index in [-0.39, 0.29) is 34.0 Å². The van der Waals surface area contributed by atoms with Crippen LogP contribution in [0.25, 0.3) is 0 Å². The van der Waals surface area contributed by atoms with E-state index >= 15 is 0 Å². The van der Waals surface area contributed by atoms with Gasteiger partial charge in [-0.15, -0.1) is 0 Å².